The number of anilines is 1. The number of benzene rings is 1. The molecule has 6 heteroatoms. The Kier molecular flexibility index (Phi) is 3.82. The van der Waals surface area contributed by atoms with Gasteiger partial charge >= 0.3 is 0 Å². The van der Waals surface area contributed by atoms with Crippen LogP contribution in [0, 0.1) is 17.6 Å². The van der Waals surface area contributed by atoms with E-state index in [0.717, 1.165) is 0 Å². The van der Waals surface area contributed by atoms with E-state index < -0.39 is 11.6 Å². The molecule has 2 rings (SSSR count). The Morgan fingerprint density at radius 2 is 2.06 bits per heavy atom. The van der Waals surface area contributed by atoms with Gasteiger partial charge in [0.15, 0.2) is 11.6 Å². The zero-order valence-corrected chi connectivity index (χ0v) is 11.9. The molecule has 1 saturated heterocycles. The number of alkyl halides is 1. The highest BCUT2D eigenvalue weighted by Gasteiger charge is 2.32. The second kappa shape index (κ2) is 5.02. The third kappa shape index (κ3) is 2.38. The summed E-state index contributed by atoms with van der Waals surface area (Å²) in [6.45, 7) is 0.419. The molecule has 1 aliphatic heterocycles. The molecule has 1 unspecified atom stereocenters. The van der Waals surface area contributed by atoms with Crippen molar-refractivity contribution >= 4 is 43.5 Å². The molecule has 0 saturated carbocycles. The number of carbonyl (C=O) groups is 1. The predicted octanol–water partition coefficient (Wildman–Crippen LogP) is 3.48. The first-order valence-electron chi connectivity index (χ1n) is 5.04. The van der Waals surface area contributed by atoms with Crippen molar-refractivity contribution in [1.82, 2.24) is 0 Å². The maximum Gasteiger partial charge on any atom is 0.227 e. The van der Waals surface area contributed by atoms with Gasteiger partial charge in [-0.05, 0) is 34.0 Å². The maximum absolute atomic E-state index is 13.7. The number of nitrogens with zero attached hydrogens (tertiary/aromatic N) is 1. The number of hydrogen-bond donors (Lipinski definition) is 0. The summed E-state index contributed by atoms with van der Waals surface area (Å²) in [4.78, 5) is 13.0. The zero-order valence-electron chi connectivity index (χ0n) is 8.72. The van der Waals surface area contributed by atoms with Crippen LogP contribution in [0.25, 0.3) is 0 Å². The van der Waals surface area contributed by atoms with Gasteiger partial charge in [0.2, 0.25) is 5.91 Å². The average Bonchev–Trinajstić information content (AvgIpc) is 2.68. The molecule has 1 amide bonds. The van der Waals surface area contributed by atoms with Crippen molar-refractivity contribution in [2.24, 2.45) is 5.92 Å². The zero-order chi connectivity index (χ0) is 12.6. The van der Waals surface area contributed by atoms with E-state index in [1.54, 1.807) is 0 Å². The molecule has 0 bridgehead atoms. The summed E-state index contributed by atoms with van der Waals surface area (Å²) < 4.78 is 27.1. The lowest BCUT2D eigenvalue weighted by atomic mass is 10.2. The Hall–Kier alpha value is -0.490. The van der Waals surface area contributed by atoms with Crippen LogP contribution in [0.2, 0.25) is 0 Å². The third-order valence-electron chi connectivity index (χ3n) is 2.73. The Morgan fingerprint density at radius 3 is 2.65 bits per heavy atom. The van der Waals surface area contributed by atoms with Crippen LogP contribution in [0.15, 0.2) is 16.6 Å². The minimum Gasteiger partial charge on any atom is -0.309 e. The minimum absolute atomic E-state index is 0.0131. The van der Waals surface area contributed by atoms with Crippen molar-refractivity contribution in [2.75, 3.05) is 16.8 Å². The first-order valence-corrected chi connectivity index (χ1v) is 6.96. The second-order valence-corrected chi connectivity index (χ2v) is 5.43. The highest BCUT2D eigenvalue weighted by molar-refractivity contribution is 9.10. The summed E-state index contributed by atoms with van der Waals surface area (Å²) in [5, 5.41) is 0.676. The summed E-state index contributed by atoms with van der Waals surface area (Å²) in [5.41, 5.74) is 0.0131. The Morgan fingerprint density at radius 1 is 1.35 bits per heavy atom. The molecule has 1 atom stereocenters. The smallest absolute Gasteiger partial charge is 0.227 e. The quantitative estimate of drug-likeness (QED) is 0.578. The van der Waals surface area contributed by atoms with Gasteiger partial charge in [-0.3, -0.25) is 4.79 Å². The number of rotatable bonds is 2. The normalized spacial score (nSPS) is 20.1. The first kappa shape index (κ1) is 13.0. The fourth-order valence-corrected chi connectivity index (χ4v) is 2.58. The molecule has 1 aromatic rings. The molecular weight excluding hydrogens is 360 g/mol. The van der Waals surface area contributed by atoms with E-state index >= 15 is 0 Å². The molecule has 0 spiro atoms. The standard InChI is InChI=1S/C11H9Br2F2NO/c12-4-6-3-9(17)16(5-6)8-2-1-7(13)10(14)11(8)15/h1-2,6H,3-5H2. The molecule has 0 radical (unpaired) electrons. The van der Waals surface area contributed by atoms with E-state index in [-0.39, 0.29) is 22.0 Å². The molecule has 0 aliphatic carbocycles. The molecule has 1 aliphatic rings. The van der Waals surface area contributed by atoms with Gasteiger partial charge < -0.3 is 4.90 Å². The van der Waals surface area contributed by atoms with Gasteiger partial charge in [-0.2, -0.15) is 0 Å². The van der Waals surface area contributed by atoms with Crippen LogP contribution in [0.3, 0.4) is 0 Å². The fourth-order valence-electron chi connectivity index (χ4n) is 1.84. The van der Waals surface area contributed by atoms with Gasteiger partial charge in [0.25, 0.3) is 0 Å². The molecule has 1 heterocycles. The lowest BCUT2D eigenvalue weighted by molar-refractivity contribution is -0.117. The van der Waals surface area contributed by atoms with Gasteiger partial charge in [-0.15, -0.1) is 0 Å². The van der Waals surface area contributed by atoms with E-state index in [0.29, 0.717) is 18.3 Å². The van der Waals surface area contributed by atoms with Crippen LogP contribution in [0.5, 0.6) is 0 Å². The van der Waals surface area contributed by atoms with Gasteiger partial charge in [0.05, 0.1) is 10.2 Å². The molecule has 0 N–H and O–H groups in total. The molecule has 2 nitrogen and oxygen atoms in total. The molecular formula is C11H9Br2F2NO. The van der Waals surface area contributed by atoms with Crippen molar-refractivity contribution < 1.29 is 13.6 Å². The highest BCUT2D eigenvalue weighted by atomic mass is 79.9. The van der Waals surface area contributed by atoms with Gasteiger partial charge in [0.1, 0.15) is 0 Å². The molecule has 0 aromatic heterocycles. The summed E-state index contributed by atoms with van der Waals surface area (Å²) in [6, 6.07) is 2.82. The predicted molar refractivity (Wildman–Crippen MR) is 68.3 cm³/mol. The van der Waals surface area contributed by atoms with Gasteiger partial charge in [-0.25, -0.2) is 8.78 Å². The van der Waals surface area contributed by atoms with E-state index in [4.69, 9.17) is 0 Å². The minimum atomic E-state index is -0.983. The largest absolute Gasteiger partial charge is 0.309 e. The van der Waals surface area contributed by atoms with E-state index in [1.165, 1.54) is 17.0 Å². The SMILES string of the molecule is O=C1CC(CBr)CN1c1ccc(Br)c(F)c1F. The molecule has 1 aromatic carbocycles. The summed E-state index contributed by atoms with van der Waals surface area (Å²) in [6.07, 6.45) is 0.363. The highest BCUT2D eigenvalue weighted by Crippen LogP contribution is 2.31. The first-order chi connectivity index (χ1) is 8.04. The van der Waals surface area contributed by atoms with Crippen LogP contribution >= 0.6 is 31.9 Å². The number of halogens is 4. The average molecular weight is 369 g/mol. The van der Waals surface area contributed by atoms with Crippen molar-refractivity contribution in [2.45, 2.75) is 6.42 Å². The van der Waals surface area contributed by atoms with Gasteiger partial charge in [-0.1, -0.05) is 15.9 Å². The van der Waals surface area contributed by atoms with Crippen LogP contribution in [0.4, 0.5) is 14.5 Å². The maximum atomic E-state index is 13.7. The Labute approximate surface area is 114 Å². The van der Waals surface area contributed by atoms with Crippen molar-refractivity contribution in [3.63, 3.8) is 0 Å². The number of amides is 1. The molecule has 17 heavy (non-hydrogen) atoms. The lowest BCUT2D eigenvalue weighted by Crippen LogP contribution is -2.26. The van der Waals surface area contributed by atoms with Crippen LogP contribution in [0.1, 0.15) is 6.42 Å². The second-order valence-electron chi connectivity index (χ2n) is 3.92. The third-order valence-corrected chi connectivity index (χ3v) is 4.26. The monoisotopic (exact) mass is 367 g/mol. The van der Waals surface area contributed by atoms with Gasteiger partial charge in [0, 0.05) is 18.3 Å². The van der Waals surface area contributed by atoms with Crippen molar-refractivity contribution in [3.05, 3.63) is 28.2 Å². The number of hydrogen-bond acceptors (Lipinski definition) is 1. The molecule has 1 fully saturated rings. The van der Waals surface area contributed by atoms with E-state index in [1.807, 2.05) is 0 Å². The van der Waals surface area contributed by atoms with Crippen molar-refractivity contribution in [3.8, 4) is 0 Å². The summed E-state index contributed by atoms with van der Waals surface area (Å²) in [5.74, 6) is -1.97. The fraction of sp³-hybridized carbons (Fsp3) is 0.364. The Balaban J connectivity index is 2.35. The summed E-state index contributed by atoms with van der Waals surface area (Å²) >= 11 is 6.20. The number of carbonyl (C=O) groups excluding carboxylic acids is 1. The van der Waals surface area contributed by atoms with Crippen LogP contribution in [-0.2, 0) is 4.79 Å². The van der Waals surface area contributed by atoms with Crippen LogP contribution in [-0.4, -0.2) is 17.8 Å². The lowest BCUT2D eigenvalue weighted by Gasteiger charge is -2.17. The topological polar surface area (TPSA) is 20.3 Å². The van der Waals surface area contributed by atoms with Crippen molar-refractivity contribution in [1.29, 1.82) is 0 Å². The van der Waals surface area contributed by atoms with E-state index in [2.05, 4.69) is 31.9 Å². The molecule has 92 valence electrons. The summed E-state index contributed by atoms with van der Waals surface area (Å²) in [7, 11) is 0. The van der Waals surface area contributed by atoms with Crippen LogP contribution < -0.4 is 4.90 Å². The Bertz CT molecular complexity index is 467. The van der Waals surface area contributed by atoms with E-state index in [9.17, 15) is 13.6 Å².